The van der Waals surface area contributed by atoms with Crippen molar-refractivity contribution in [1.29, 1.82) is 0 Å². The van der Waals surface area contributed by atoms with E-state index in [9.17, 15) is 0 Å². The quantitative estimate of drug-likeness (QED) is 0.472. The molecule has 0 aromatic carbocycles. The van der Waals surface area contributed by atoms with Crippen LogP contribution in [-0.4, -0.2) is 24.5 Å². The summed E-state index contributed by atoms with van der Waals surface area (Å²) >= 11 is 0. The predicted molar refractivity (Wildman–Crippen MR) is 38.3 cm³/mol. The molecule has 2 saturated heterocycles. The molecule has 2 bridgehead atoms. The van der Waals surface area contributed by atoms with Crippen molar-refractivity contribution in [1.82, 2.24) is 4.90 Å². The van der Waals surface area contributed by atoms with Gasteiger partial charge in [-0.1, -0.05) is 6.92 Å². The predicted octanol–water partition coefficient (Wildman–Crippen LogP) is 1.35. The van der Waals surface area contributed by atoms with Crippen molar-refractivity contribution in [3.8, 4) is 0 Å². The van der Waals surface area contributed by atoms with Gasteiger partial charge < -0.3 is 4.90 Å². The molecule has 1 heteroatoms. The highest BCUT2D eigenvalue weighted by Crippen LogP contribution is 2.30. The van der Waals surface area contributed by atoms with Crippen molar-refractivity contribution in [2.45, 2.75) is 19.8 Å². The fourth-order valence-corrected chi connectivity index (χ4v) is 2.28. The topological polar surface area (TPSA) is 3.24 Å². The summed E-state index contributed by atoms with van der Waals surface area (Å²) in [5.74, 6) is 2.05. The SMILES string of the molecule is CC1CN2CCC[C@H]1C2. The van der Waals surface area contributed by atoms with Crippen molar-refractivity contribution in [3.63, 3.8) is 0 Å². The van der Waals surface area contributed by atoms with Crippen molar-refractivity contribution in [2.75, 3.05) is 19.6 Å². The molecule has 0 N–H and O–H groups in total. The first kappa shape index (κ1) is 5.72. The van der Waals surface area contributed by atoms with Gasteiger partial charge in [-0.25, -0.2) is 0 Å². The molecular formula is C8H15N. The Morgan fingerprint density at radius 3 is 2.89 bits per heavy atom. The summed E-state index contributed by atoms with van der Waals surface area (Å²) in [4.78, 5) is 2.61. The van der Waals surface area contributed by atoms with E-state index in [2.05, 4.69) is 11.8 Å². The molecule has 1 nitrogen and oxygen atoms in total. The Hall–Kier alpha value is -0.0400. The number of hydrogen-bond acceptors (Lipinski definition) is 1. The lowest BCUT2D eigenvalue weighted by atomic mass is 9.93. The summed E-state index contributed by atoms with van der Waals surface area (Å²) < 4.78 is 0. The highest BCUT2D eigenvalue weighted by molar-refractivity contribution is 4.85. The van der Waals surface area contributed by atoms with Gasteiger partial charge in [-0.3, -0.25) is 0 Å². The zero-order chi connectivity index (χ0) is 6.27. The lowest BCUT2D eigenvalue weighted by Gasteiger charge is -2.21. The van der Waals surface area contributed by atoms with Crippen LogP contribution in [0, 0.1) is 11.8 Å². The third-order valence-electron chi connectivity index (χ3n) is 2.89. The van der Waals surface area contributed by atoms with E-state index in [1.54, 1.807) is 0 Å². The fraction of sp³-hybridized carbons (Fsp3) is 1.00. The molecule has 2 heterocycles. The minimum absolute atomic E-state index is 0.993. The highest BCUT2D eigenvalue weighted by Gasteiger charge is 2.31. The molecule has 0 radical (unpaired) electrons. The molecule has 2 rings (SSSR count). The second kappa shape index (κ2) is 1.98. The first-order chi connectivity index (χ1) is 4.36. The Labute approximate surface area is 57.0 Å². The first-order valence-corrected chi connectivity index (χ1v) is 4.08. The van der Waals surface area contributed by atoms with Crippen LogP contribution in [0.2, 0.25) is 0 Å². The van der Waals surface area contributed by atoms with E-state index >= 15 is 0 Å². The summed E-state index contributed by atoms with van der Waals surface area (Å²) in [6, 6.07) is 0. The van der Waals surface area contributed by atoms with Crippen LogP contribution in [0.1, 0.15) is 19.8 Å². The van der Waals surface area contributed by atoms with E-state index in [0.717, 1.165) is 11.8 Å². The van der Waals surface area contributed by atoms with E-state index < -0.39 is 0 Å². The minimum atomic E-state index is 0.993. The van der Waals surface area contributed by atoms with E-state index in [-0.39, 0.29) is 0 Å². The number of hydrogen-bond donors (Lipinski definition) is 0. The molecule has 2 unspecified atom stereocenters. The van der Waals surface area contributed by atoms with Gasteiger partial charge in [0.05, 0.1) is 0 Å². The average Bonchev–Trinajstić information content (AvgIpc) is 2.09. The van der Waals surface area contributed by atoms with E-state index in [4.69, 9.17) is 0 Å². The lowest BCUT2D eigenvalue weighted by molar-refractivity contribution is 0.269. The molecule has 0 aromatic rings. The Morgan fingerprint density at radius 2 is 2.22 bits per heavy atom. The van der Waals surface area contributed by atoms with Crippen LogP contribution in [0.4, 0.5) is 0 Å². The summed E-state index contributed by atoms with van der Waals surface area (Å²) in [5.41, 5.74) is 0. The van der Waals surface area contributed by atoms with Gasteiger partial charge in [0.15, 0.2) is 0 Å². The molecule has 0 amide bonds. The van der Waals surface area contributed by atoms with Gasteiger partial charge in [0.2, 0.25) is 0 Å². The van der Waals surface area contributed by atoms with Gasteiger partial charge in [-0.05, 0) is 31.2 Å². The molecular weight excluding hydrogens is 110 g/mol. The van der Waals surface area contributed by atoms with Crippen molar-refractivity contribution >= 4 is 0 Å². The normalized spacial score (nSPS) is 49.7. The van der Waals surface area contributed by atoms with Gasteiger partial charge in [0.25, 0.3) is 0 Å². The molecule has 0 aromatic heterocycles. The smallest absolute Gasteiger partial charge is 0.00128 e. The molecule has 9 heavy (non-hydrogen) atoms. The maximum atomic E-state index is 2.61. The second-order valence-corrected chi connectivity index (χ2v) is 3.64. The molecule has 2 fully saturated rings. The molecule has 52 valence electrons. The highest BCUT2D eigenvalue weighted by atomic mass is 15.2. The Kier molecular flexibility index (Phi) is 1.26. The molecule has 2 aliphatic heterocycles. The third-order valence-corrected chi connectivity index (χ3v) is 2.89. The maximum Gasteiger partial charge on any atom is 0.00128 e. The Bertz CT molecular complexity index is 109. The molecule has 0 saturated carbocycles. The van der Waals surface area contributed by atoms with Crippen LogP contribution < -0.4 is 0 Å². The van der Waals surface area contributed by atoms with Gasteiger partial charge in [0, 0.05) is 13.1 Å². The average molecular weight is 125 g/mol. The lowest BCUT2D eigenvalue weighted by Crippen LogP contribution is -2.25. The standard InChI is InChI=1S/C8H15N/c1-7-5-9-4-2-3-8(7)6-9/h7-8H,2-6H2,1H3/t7?,8-/m0/s1. The van der Waals surface area contributed by atoms with Crippen molar-refractivity contribution in [2.24, 2.45) is 11.8 Å². The fourth-order valence-electron chi connectivity index (χ4n) is 2.28. The second-order valence-electron chi connectivity index (χ2n) is 3.64. The molecule has 2 aliphatic rings. The van der Waals surface area contributed by atoms with Gasteiger partial charge in [0.1, 0.15) is 0 Å². The van der Waals surface area contributed by atoms with Crippen molar-refractivity contribution in [3.05, 3.63) is 0 Å². The van der Waals surface area contributed by atoms with Crippen molar-refractivity contribution < 1.29 is 0 Å². The summed E-state index contributed by atoms with van der Waals surface area (Å²) in [6.45, 7) is 6.56. The number of rotatable bonds is 0. The summed E-state index contributed by atoms with van der Waals surface area (Å²) in [6.07, 6.45) is 2.95. The van der Waals surface area contributed by atoms with Gasteiger partial charge in [-0.2, -0.15) is 0 Å². The van der Waals surface area contributed by atoms with E-state index in [1.807, 2.05) is 0 Å². The number of piperidine rings is 1. The molecule has 0 spiro atoms. The Balaban J connectivity index is 2.07. The van der Waals surface area contributed by atoms with Crippen LogP contribution in [-0.2, 0) is 0 Å². The molecule has 0 aliphatic carbocycles. The monoisotopic (exact) mass is 125 g/mol. The van der Waals surface area contributed by atoms with Gasteiger partial charge >= 0.3 is 0 Å². The van der Waals surface area contributed by atoms with Crippen LogP contribution in [0.25, 0.3) is 0 Å². The first-order valence-electron chi connectivity index (χ1n) is 4.08. The van der Waals surface area contributed by atoms with E-state index in [0.29, 0.717) is 0 Å². The summed E-state index contributed by atoms with van der Waals surface area (Å²) in [7, 11) is 0. The zero-order valence-electron chi connectivity index (χ0n) is 6.14. The third kappa shape index (κ3) is 0.877. The van der Waals surface area contributed by atoms with Crippen LogP contribution in [0.15, 0.2) is 0 Å². The van der Waals surface area contributed by atoms with Crippen LogP contribution in [0.3, 0.4) is 0 Å². The van der Waals surface area contributed by atoms with Crippen LogP contribution >= 0.6 is 0 Å². The zero-order valence-corrected chi connectivity index (χ0v) is 6.14. The van der Waals surface area contributed by atoms with Gasteiger partial charge in [-0.15, -0.1) is 0 Å². The minimum Gasteiger partial charge on any atom is -0.303 e. The molecule has 3 atom stereocenters. The Morgan fingerprint density at radius 1 is 1.33 bits per heavy atom. The number of fused-ring (bicyclic) bond motifs is 2. The van der Waals surface area contributed by atoms with E-state index in [1.165, 1.54) is 32.5 Å². The number of nitrogens with zero attached hydrogens (tertiary/aromatic N) is 1. The largest absolute Gasteiger partial charge is 0.303 e. The summed E-state index contributed by atoms with van der Waals surface area (Å²) in [5, 5.41) is 0. The van der Waals surface area contributed by atoms with Crippen LogP contribution in [0.5, 0.6) is 0 Å². The maximum absolute atomic E-state index is 2.61.